The minimum Gasteiger partial charge on any atom is -0.490 e. The van der Waals surface area contributed by atoms with E-state index in [1.807, 2.05) is 30.3 Å². The van der Waals surface area contributed by atoms with Crippen molar-refractivity contribution >= 4 is 46.3 Å². The smallest absolute Gasteiger partial charge is 0.262 e. The van der Waals surface area contributed by atoms with Gasteiger partial charge in [-0.25, -0.2) is 4.98 Å². The average Bonchev–Trinajstić information content (AvgIpc) is 3.50. The molecule has 1 unspecified atom stereocenters. The Bertz CT molecular complexity index is 2610. The number of piperidine rings is 2. The molecule has 2 aromatic heterocycles. The zero-order valence-electron chi connectivity index (χ0n) is 36.9. The summed E-state index contributed by atoms with van der Waals surface area (Å²) >= 11 is 0. The highest BCUT2D eigenvalue weighted by molar-refractivity contribution is 6.23. The second-order valence-corrected chi connectivity index (χ2v) is 19.2. The van der Waals surface area contributed by atoms with Crippen LogP contribution in [-0.4, -0.2) is 99.8 Å². The van der Waals surface area contributed by atoms with Gasteiger partial charge in [0.2, 0.25) is 11.8 Å². The average molecular weight is 867 g/mol. The Hall–Kier alpha value is -6.40. The molecular formula is C49H54N8O7. The fourth-order valence-corrected chi connectivity index (χ4v) is 11.5. The molecule has 0 radical (unpaired) electrons. The third-order valence-corrected chi connectivity index (χ3v) is 14.5. The van der Waals surface area contributed by atoms with E-state index in [1.54, 1.807) is 30.5 Å². The van der Waals surface area contributed by atoms with Gasteiger partial charge >= 0.3 is 0 Å². The molecule has 64 heavy (non-hydrogen) atoms. The van der Waals surface area contributed by atoms with Crippen molar-refractivity contribution in [3.63, 3.8) is 0 Å². The molecule has 2 saturated carbocycles. The van der Waals surface area contributed by atoms with Crippen molar-refractivity contribution in [3.8, 4) is 17.6 Å². The second-order valence-electron chi connectivity index (χ2n) is 19.2. The van der Waals surface area contributed by atoms with Gasteiger partial charge in [0.05, 0.1) is 33.5 Å². The van der Waals surface area contributed by atoms with E-state index in [9.17, 15) is 29.2 Å². The summed E-state index contributed by atoms with van der Waals surface area (Å²) in [7, 11) is 0. The number of rotatable bonds is 12. The summed E-state index contributed by atoms with van der Waals surface area (Å²) in [5.41, 5.74) is 7.80. The molecule has 15 heteroatoms. The number of hydrogen-bond acceptors (Lipinski definition) is 12. The van der Waals surface area contributed by atoms with Crippen LogP contribution in [0.3, 0.4) is 0 Å². The maximum Gasteiger partial charge on any atom is 0.262 e. The topological polar surface area (TPSA) is 201 Å². The number of imide groups is 2. The fourth-order valence-electron chi connectivity index (χ4n) is 11.5. The van der Waals surface area contributed by atoms with Crippen LogP contribution in [0, 0.1) is 28.1 Å². The molecule has 5 aliphatic rings. The number of pyridine rings is 2. The van der Waals surface area contributed by atoms with Crippen LogP contribution in [0.4, 0.5) is 5.82 Å². The summed E-state index contributed by atoms with van der Waals surface area (Å²) in [5.74, 6) is -0.253. The van der Waals surface area contributed by atoms with Crippen LogP contribution >= 0.6 is 0 Å². The number of hydrogen-bond donors (Lipinski definition) is 2. The Kier molecular flexibility index (Phi) is 10.9. The van der Waals surface area contributed by atoms with Gasteiger partial charge in [0, 0.05) is 73.3 Å². The van der Waals surface area contributed by atoms with Crippen molar-refractivity contribution in [1.82, 2.24) is 25.1 Å². The van der Waals surface area contributed by atoms with Crippen LogP contribution in [0.5, 0.6) is 11.5 Å². The number of fused-ring (bicyclic) bond motifs is 2. The van der Waals surface area contributed by atoms with Crippen molar-refractivity contribution in [2.45, 2.75) is 103 Å². The normalized spacial score (nSPS) is 25.0. The molecular weight excluding hydrogens is 813 g/mol. The maximum atomic E-state index is 13.3. The van der Waals surface area contributed by atoms with Crippen molar-refractivity contribution in [2.24, 2.45) is 22.5 Å². The molecule has 332 valence electrons. The number of nitriles is 1. The maximum absolute atomic E-state index is 13.3. The predicted molar refractivity (Wildman–Crippen MR) is 237 cm³/mol. The monoisotopic (exact) mass is 866 g/mol. The lowest BCUT2D eigenvalue weighted by molar-refractivity contribution is -0.161. The first-order valence-corrected chi connectivity index (χ1v) is 22.4. The quantitative estimate of drug-likeness (QED) is 0.164. The van der Waals surface area contributed by atoms with Crippen molar-refractivity contribution in [2.75, 3.05) is 31.1 Å². The molecule has 2 saturated heterocycles. The lowest BCUT2D eigenvalue weighted by atomic mass is 9.44. The second kappa shape index (κ2) is 16.3. The van der Waals surface area contributed by atoms with E-state index in [0.29, 0.717) is 45.8 Å². The number of benzene rings is 2. The molecule has 0 spiro atoms. The highest BCUT2D eigenvalue weighted by Crippen LogP contribution is 2.65. The van der Waals surface area contributed by atoms with Gasteiger partial charge in [-0.2, -0.15) is 5.26 Å². The third kappa shape index (κ3) is 7.31. The van der Waals surface area contributed by atoms with E-state index in [1.165, 1.54) is 0 Å². The van der Waals surface area contributed by atoms with E-state index >= 15 is 0 Å². The molecule has 3 aliphatic heterocycles. The fraction of sp³-hybridized carbons (Fsp3) is 0.469. The third-order valence-electron chi connectivity index (χ3n) is 14.5. The largest absolute Gasteiger partial charge is 0.490 e. The lowest BCUT2D eigenvalue weighted by Gasteiger charge is -2.63. The van der Waals surface area contributed by atoms with Gasteiger partial charge in [0.25, 0.3) is 17.7 Å². The first kappa shape index (κ1) is 42.9. The summed E-state index contributed by atoms with van der Waals surface area (Å²) in [4.78, 5) is 79.0. The summed E-state index contributed by atoms with van der Waals surface area (Å²) in [6.07, 6.45) is 5.28. The van der Waals surface area contributed by atoms with Gasteiger partial charge in [-0.15, -0.1) is 0 Å². The summed E-state index contributed by atoms with van der Waals surface area (Å²) in [5, 5.41) is 12.7. The number of aromatic nitrogens is 2. The van der Waals surface area contributed by atoms with Gasteiger partial charge in [-0.3, -0.25) is 39.2 Å². The first-order valence-electron chi connectivity index (χ1n) is 22.4. The van der Waals surface area contributed by atoms with Crippen LogP contribution in [0.2, 0.25) is 0 Å². The Morgan fingerprint density at radius 2 is 1.69 bits per heavy atom. The summed E-state index contributed by atoms with van der Waals surface area (Å²) in [6.45, 7) is 14.4. The number of nitrogens with zero attached hydrogens (tertiary/aromatic N) is 6. The Morgan fingerprint density at radius 1 is 0.953 bits per heavy atom. The van der Waals surface area contributed by atoms with E-state index in [0.717, 1.165) is 68.0 Å². The highest BCUT2D eigenvalue weighted by atomic mass is 16.5. The van der Waals surface area contributed by atoms with E-state index in [4.69, 9.17) is 20.2 Å². The molecule has 15 nitrogen and oxygen atoms in total. The molecule has 1 atom stereocenters. The molecule has 5 heterocycles. The number of amides is 5. The minimum absolute atomic E-state index is 0.0263. The molecule has 9 rings (SSSR count). The molecule has 0 bridgehead atoms. The zero-order chi connectivity index (χ0) is 45.2. The highest BCUT2D eigenvalue weighted by Gasteiger charge is 2.65. The summed E-state index contributed by atoms with van der Waals surface area (Å²) < 4.78 is 13.1. The number of carbonyl (C=O) groups is 5. The SMILES string of the molecule is CCN(CC1CCN(c2ccc(C(N)=O)c(C3C(C)(C)C(Oc4ccc(C#N)c5ncccc45)C3(C)C)n2)CC1)C1CC(Oc2ccc3c(c2)C(=O)N(C2CCC(=O)NC2=O)C3=O)C1. The van der Waals surface area contributed by atoms with Gasteiger partial charge in [-0.05, 0) is 86.3 Å². The standard InChI is InChI=1S/C49H54N8O7/c1-6-55(29-22-31(23-29)63-30-10-11-32-35(24-30)46(62)57(45(32)61)36-13-16-39(58)54-44(36)60)26-27-17-20-56(21-18-27)38-15-12-34(43(51)59)41(53-38)42-48(2,3)47(49(42,4)5)64-37-14-9-28(25-50)40-33(37)8-7-19-52-40/h7-12,14-15,19,24,27,29,31,36,42,47H,6,13,16-18,20-23,26H2,1-5H3,(H2,51,59)(H,54,58,60). The first-order chi connectivity index (χ1) is 30.6. The van der Waals surface area contributed by atoms with Gasteiger partial charge in [0.15, 0.2) is 0 Å². The minimum atomic E-state index is -1.01. The van der Waals surface area contributed by atoms with Crippen LogP contribution in [0.25, 0.3) is 10.9 Å². The van der Waals surface area contributed by atoms with Crippen molar-refractivity contribution < 1.29 is 33.4 Å². The zero-order valence-corrected chi connectivity index (χ0v) is 36.9. The van der Waals surface area contributed by atoms with Gasteiger partial charge in [0.1, 0.15) is 41.6 Å². The molecule has 4 fully saturated rings. The Balaban J connectivity index is 0.807. The molecule has 4 aromatic rings. The molecule has 2 aliphatic carbocycles. The molecule has 2 aromatic carbocycles. The number of primary amides is 1. The number of anilines is 1. The van der Waals surface area contributed by atoms with Crippen molar-refractivity contribution in [3.05, 3.63) is 88.7 Å². The number of nitrogens with two attached hydrogens (primary N) is 1. The molecule has 3 N–H and O–H groups in total. The van der Waals surface area contributed by atoms with Crippen LogP contribution in [0.15, 0.2) is 60.8 Å². The summed E-state index contributed by atoms with van der Waals surface area (Å²) in [6, 6.07) is 17.6. The van der Waals surface area contributed by atoms with Crippen LogP contribution < -0.4 is 25.4 Å². The lowest BCUT2D eigenvalue weighted by Crippen LogP contribution is -2.64. The Labute approximate surface area is 372 Å². The number of nitrogens with one attached hydrogen (secondary N) is 1. The predicted octanol–water partition coefficient (Wildman–Crippen LogP) is 5.75. The van der Waals surface area contributed by atoms with E-state index in [2.05, 4.69) is 60.8 Å². The van der Waals surface area contributed by atoms with E-state index in [-0.39, 0.29) is 42.1 Å². The Morgan fingerprint density at radius 3 is 2.38 bits per heavy atom. The molecule has 5 amide bonds. The van der Waals surface area contributed by atoms with E-state index < -0.39 is 46.4 Å². The van der Waals surface area contributed by atoms with Gasteiger partial charge < -0.3 is 25.0 Å². The number of carbonyl (C=O) groups excluding carboxylic acids is 5. The van der Waals surface area contributed by atoms with Crippen LogP contribution in [-0.2, 0) is 9.59 Å². The van der Waals surface area contributed by atoms with Crippen molar-refractivity contribution in [1.29, 1.82) is 5.26 Å². The van der Waals surface area contributed by atoms with Crippen LogP contribution in [0.1, 0.15) is 121 Å². The number of ether oxygens (including phenoxy) is 2. The van der Waals surface area contributed by atoms with Gasteiger partial charge in [-0.1, -0.05) is 34.6 Å².